The third-order valence-corrected chi connectivity index (χ3v) is 3.18. The normalized spacial score (nSPS) is 16.9. The number of aliphatic hydroxyl groups is 1. The quantitative estimate of drug-likeness (QED) is 0.839. The molecule has 3 rings (SSSR count). The van der Waals surface area contributed by atoms with Crippen molar-refractivity contribution in [2.45, 2.75) is 6.29 Å². The van der Waals surface area contributed by atoms with Gasteiger partial charge in [-0.3, -0.25) is 0 Å². The summed E-state index contributed by atoms with van der Waals surface area (Å²) in [5.41, 5.74) is 2.83. The molecule has 4 heteroatoms. The van der Waals surface area contributed by atoms with E-state index >= 15 is 0 Å². The standard InChI is InChI=1S/C15H12O4/c1-18-11-5-2-9(3-6-11)10-4-7-12-13(8-10)15(17)19-14(12)16/h2-8,15,17H,1H3. The average Bonchev–Trinajstić information content (AvgIpc) is 2.74. The molecule has 96 valence electrons. The highest BCUT2D eigenvalue weighted by Crippen LogP contribution is 2.32. The van der Waals surface area contributed by atoms with Gasteiger partial charge in [0, 0.05) is 5.56 Å². The van der Waals surface area contributed by atoms with Gasteiger partial charge in [-0.25, -0.2) is 4.79 Å². The number of methoxy groups -OCH3 is 1. The largest absolute Gasteiger partial charge is 0.497 e. The van der Waals surface area contributed by atoms with Gasteiger partial charge in [-0.15, -0.1) is 0 Å². The van der Waals surface area contributed by atoms with Gasteiger partial charge in [0.1, 0.15) is 5.75 Å². The van der Waals surface area contributed by atoms with Gasteiger partial charge in [0.25, 0.3) is 0 Å². The van der Waals surface area contributed by atoms with E-state index in [1.54, 1.807) is 19.2 Å². The Morgan fingerprint density at radius 2 is 1.79 bits per heavy atom. The van der Waals surface area contributed by atoms with Crippen LogP contribution in [-0.2, 0) is 4.74 Å². The van der Waals surface area contributed by atoms with Crippen LogP contribution in [0.15, 0.2) is 42.5 Å². The highest BCUT2D eigenvalue weighted by Gasteiger charge is 2.29. The maximum absolute atomic E-state index is 11.4. The van der Waals surface area contributed by atoms with Crippen molar-refractivity contribution in [1.82, 2.24) is 0 Å². The van der Waals surface area contributed by atoms with E-state index < -0.39 is 12.3 Å². The zero-order chi connectivity index (χ0) is 13.4. The number of rotatable bonds is 2. The molecule has 0 bridgehead atoms. The highest BCUT2D eigenvalue weighted by atomic mass is 16.6. The van der Waals surface area contributed by atoms with E-state index in [4.69, 9.17) is 9.47 Å². The number of carbonyl (C=O) groups is 1. The van der Waals surface area contributed by atoms with Gasteiger partial charge in [-0.05, 0) is 35.4 Å². The molecule has 0 spiro atoms. The molecule has 0 aromatic heterocycles. The fraction of sp³-hybridized carbons (Fsp3) is 0.133. The second kappa shape index (κ2) is 4.40. The zero-order valence-corrected chi connectivity index (χ0v) is 10.3. The van der Waals surface area contributed by atoms with Crippen LogP contribution in [0.5, 0.6) is 5.75 Å². The topological polar surface area (TPSA) is 55.8 Å². The summed E-state index contributed by atoms with van der Waals surface area (Å²) in [5.74, 6) is 0.298. The number of aliphatic hydroxyl groups excluding tert-OH is 1. The van der Waals surface area contributed by atoms with Crippen molar-refractivity contribution in [2.24, 2.45) is 0 Å². The molecule has 2 aromatic rings. The number of fused-ring (bicyclic) bond motifs is 1. The lowest BCUT2D eigenvalue weighted by Crippen LogP contribution is -1.95. The van der Waals surface area contributed by atoms with Gasteiger partial charge in [0.05, 0.1) is 12.7 Å². The molecule has 0 radical (unpaired) electrons. The van der Waals surface area contributed by atoms with Crippen LogP contribution in [0.25, 0.3) is 11.1 Å². The molecule has 0 amide bonds. The van der Waals surface area contributed by atoms with Gasteiger partial charge in [0.15, 0.2) is 0 Å². The molecule has 1 atom stereocenters. The SMILES string of the molecule is COc1ccc(-c2ccc3c(c2)C(O)OC3=O)cc1. The molecule has 0 saturated heterocycles. The van der Waals surface area contributed by atoms with E-state index in [0.29, 0.717) is 11.1 Å². The highest BCUT2D eigenvalue weighted by molar-refractivity contribution is 5.94. The molecule has 4 nitrogen and oxygen atoms in total. The lowest BCUT2D eigenvalue weighted by Gasteiger charge is -2.06. The van der Waals surface area contributed by atoms with E-state index in [2.05, 4.69) is 0 Å². The Bertz CT molecular complexity index is 631. The van der Waals surface area contributed by atoms with Gasteiger partial charge >= 0.3 is 5.97 Å². The summed E-state index contributed by atoms with van der Waals surface area (Å²) in [6.45, 7) is 0. The molecule has 1 unspecified atom stereocenters. The van der Waals surface area contributed by atoms with Crippen molar-refractivity contribution in [3.05, 3.63) is 53.6 Å². The number of cyclic esters (lactones) is 1. The molecule has 0 fully saturated rings. The summed E-state index contributed by atoms with van der Waals surface area (Å²) in [7, 11) is 1.61. The summed E-state index contributed by atoms with van der Waals surface area (Å²) in [6.07, 6.45) is -1.17. The fourth-order valence-corrected chi connectivity index (χ4v) is 2.14. The van der Waals surface area contributed by atoms with Gasteiger partial charge in [-0.2, -0.15) is 0 Å². The molecule has 1 aliphatic heterocycles. The molecular weight excluding hydrogens is 244 g/mol. The summed E-state index contributed by atoms with van der Waals surface area (Å²) in [5, 5.41) is 9.64. The first-order valence-electron chi connectivity index (χ1n) is 5.86. The third-order valence-electron chi connectivity index (χ3n) is 3.18. The molecule has 0 aliphatic carbocycles. The van der Waals surface area contributed by atoms with Gasteiger partial charge in [-0.1, -0.05) is 18.2 Å². The van der Waals surface area contributed by atoms with Crippen molar-refractivity contribution in [3.63, 3.8) is 0 Å². The number of hydrogen-bond acceptors (Lipinski definition) is 4. The molecule has 1 N–H and O–H groups in total. The molecule has 0 saturated carbocycles. The Morgan fingerprint density at radius 3 is 2.47 bits per heavy atom. The molecule has 2 aromatic carbocycles. The second-order valence-corrected chi connectivity index (χ2v) is 4.29. The first kappa shape index (κ1) is 11.7. The van der Waals surface area contributed by atoms with Crippen LogP contribution in [-0.4, -0.2) is 18.2 Å². The Balaban J connectivity index is 2.02. The van der Waals surface area contributed by atoms with Crippen molar-refractivity contribution < 1.29 is 19.4 Å². The Hall–Kier alpha value is -2.33. The van der Waals surface area contributed by atoms with Crippen LogP contribution < -0.4 is 4.74 Å². The van der Waals surface area contributed by atoms with E-state index in [9.17, 15) is 9.90 Å². The molecular formula is C15H12O4. The van der Waals surface area contributed by atoms with Crippen LogP contribution in [0.2, 0.25) is 0 Å². The summed E-state index contributed by atoms with van der Waals surface area (Å²) >= 11 is 0. The summed E-state index contributed by atoms with van der Waals surface area (Å²) < 4.78 is 9.86. The fourth-order valence-electron chi connectivity index (χ4n) is 2.14. The summed E-state index contributed by atoms with van der Waals surface area (Å²) in [6, 6.07) is 12.8. The minimum atomic E-state index is -1.17. The number of ether oxygens (including phenoxy) is 2. The zero-order valence-electron chi connectivity index (χ0n) is 10.3. The van der Waals surface area contributed by atoms with Crippen molar-refractivity contribution >= 4 is 5.97 Å². The second-order valence-electron chi connectivity index (χ2n) is 4.29. The monoisotopic (exact) mass is 256 g/mol. The number of hydrogen-bond donors (Lipinski definition) is 1. The van der Waals surface area contributed by atoms with E-state index in [1.165, 1.54) is 0 Å². The predicted molar refractivity (Wildman–Crippen MR) is 68.8 cm³/mol. The van der Waals surface area contributed by atoms with E-state index in [-0.39, 0.29) is 0 Å². The van der Waals surface area contributed by atoms with Crippen LogP contribution in [0, 0.1) is 0 Å². The maximum atomic E-state index is 11.4. The number of esters is 1. The number of carbonyl (C=O) groups excluding carboxylic acids is 1. The first-order valence-corrected chi connectivity index (χ1v) is 5.86. The molecule has 19 heavy (non-hydrogen) atoms. The lowest BCUT2D eigenvalue weighted by atomic mass is 10.00. The van der Waals surface area contributed by atoms with Gasteiger partial charge < -0.3 is 14.6 Å². The van der Waals surface area contributed by atoms with E-state index in [1.807, 2.05) is 30.3 Å². The van der Waals surface area contributed by atoms with Crippen LogP contribution in [0.4, 0.5) is 0 Å². The Morgan fingerprint density at radius 1 is 1.11 bits per heavy atom. The minimum absolute atomic E-state index is 0.421. The smallest absolute Gasteiger partial charge is 0.341 e. The third kappa shape index (κ3) is 1.96. The first-order chi connectivity index (χ1) is 9.19. The maximum Gasteiger partial charge on any atom is 0.341 e. The van der Waals surface area contributed by atoms with Crippen molar-refractivity contribution in [3.8, 4) is 16.9 Å². The van der Waals surface area contributed by atoms with Crippen molar-refractivity contribution in [1.29, 1.82) is 0 Å². The Kier molecular flexibility index (Phi) is 2.72. The molecule has 1 heterocycles. The van der Waals surface area contributed by atoms with Crippen LogP contribution in [0.1, 0.15) is 22.2 Å². The van der Waals surface area contributed by atoms with Crippen LogP contribution in [0.3, 0.4) is 0 Å². The van der Waals surface area contributed by atoms with Crippen LogP contribution >= 0.6 is 0 Å². The van der Waals surface area contributed by atoms with Gasteiger partial charge in [0.2, 0.25) is 6.29 Å². The molecule has 1 aliphatic rings. The minimum Gasteiger partial charge on any atom is -0.497 e. The van der Waals surface area contributed by atoms with E-state index in [0.717, 1.165) is 16.9 Å². The summed E-state index contributed by atoms with van der Waals surface area (Å²) in [4.78, 5) is 11.4. The predicted octanol–water partition coefficient (Wildman–Crippen LogP) is 2.52. The average molecular weight is 256 g/mol. The lowest BCUT2D eigenvalue weighted by molar-refractivity contribution is -0.0547. The Labute approximate surface area is 110 Å². The van der Waals surface area contributed by atoms with Crippen molar-refractivity contribution in [2.75, 3.05) is 7.11 Å². The number of benzene rings is 2.